The number of allylic oxidation sites excluding steroid dienone is 2. The summed E-state index contributed by atoms with van der Waals surface area (Å²) in [5.74, 6) is -1.45. The molecular formula is C20H26BrNO6. The maximum absolute atomic E-state index is 12.6. The molecule has 1 saturated carbocycles. The van der Waals surface area contributed by atoms with E-state index in [0.29, 0.717) is 0 Å². The Labute approximate surface area is 172 Å². The van der Waals surface area contributed by atoms with Crippen molar-refractivity contribution < 1.29 is 28.7 Å². The van der Waals surface area contributed by atoms with Crippen LogP contribution in [0.4, 0.5) is 0 Å². The van der Waals surface area contributed by atoms with Gasteiger partial charge in [-0.25, -0.2) is 0 Å². The highest BCUT2D eigenvalue weighted by Crippen LogP contribution is 2.52. The van der Waals surface area contributed by atoms with Gasteiger partial charge in [0.25, 0.3) is 0 Å². The number of methoxy groups -OCH3 is 1. The molecule has 0 radical (unpaired) electrons. The number of nitrogens with zero attached hydrogens (tertiary/aromatic N) is 1. The summed E-state index contributed by atoms with van der Waals surface area (Å²) in [6.07, 6.45) is 5.14. The highest BCUT2D eigenvalue weighted by Gasteiger charge is 2.59. The molecule has 0 spiro atoms. The Morgan fingerprint density at radius 1 is 1.11 bits per heavy atom. The molecule has 0 aromatic rings. The van der Waals surface area contributed by atoms with E-state index in [1.807, 2.05) is 12.2 Å². The quantitative estimate of drug-likeness (QED) is 0.252. The summed E-state index contributed by atoms with van der Waals surface area (Å²) >= 11 is 3.31. The molecule has 2 aliphatic carbocycles. The Bertz CT molecular complexity index is 713. The molecule has 2 amide bonds. The molecule has 3 aliphatic rings. The number of alkyl halides is 1. The van der Waals surface area contributed by atoms with Gasteiger partial charge in [0.15, 0.2) is 0 Å². The van der Waals surface area contributed by atoms with Crippen molar-refractivity contribution in [2.24, 2.45) is 29.1 Å². The van der Waals surface area contributed by atoms with E-state index < -0.39 is 21.7 Å². The van der Waals surface area contributed by atoms with Crippen LogP contribution in [0.2, 0.25) is 0 Å². The van der Waals surface area contributed by atoms with E-state index in [1.165, 1.54) is 12.0 Å². The van der Waals surface area contributed by atoms with Crippen LogP contribution in [0, 0.1) is 29.1 Å². The van der Waals surface area contributed by atoms with E-state index in [0.717, 1.165) is 6.42 Å². The molecule has 3 rings (SSSR count). The van der Waals surface area contributed by atoms with Gasteiger partial charge in [-0.3, -0.25) is 24.1 Å². The molecule has 5 atom stereocenters. The second-order valence-electron chi connectivity index (χ2n) is 8.71. The van der Waals surface area contributed by atoms with Gasteiger partial charge in [0, 0.05) is 0 Å². The third-order valence-corrected chi connectivity index (χ3v) is 6.65. The monoisotopic (exact) mass is 455 g/mol. The van der Waals surface area contributed by atoms with E-state index >= 15 is 0 Å². The molecule has 28 heavy (non-hydrogen) atoms. The van der Waals surface area contributed by atoms with Gasteiger partial charge in [-0.05, 0) is 45.4 Å². The number of halogens is 1. The average molecular weight is 456 g/mol. The number of amides is 2. The molecule has 2 bridgehead atoms. The maximum Gasteiger partial charge on any atom is 0.322 e. The molecule has 154 valence electrons. The topological polar surface area (TPSA) is 90.0 Å². The van der Waals surface area contributed by atoms with Crippen molar-refractivity contribution in [3.63, 3.8) is 0 Å². The lowest BCUT2D eigenvalue weighted by atomic mass is 9.83. The lowest BCUT2D eigenvalue weighted by molar-refractivity contribution is -0.158. The average Bonchev–Trinajstić information content (AvgIpc) is 3.29. The second-order valence-corrected chi connectivity index (χ2v) is 10.5. The summed E-state index contributed by atoms with van der Waals surface area (Å²) < 4.78 is 9.07. The number of esters is 2. The molecule has 0 N–H and O–H groups in total. The Morgan fingerprint density at radius 3 is 2.14 bits per heavy atom. The number of carbonyl (C=O) groups is 4. The van der Waals surface area contributed by atoms with Crippen LogP contribution in [0.25, 0.3) is 0 Å². The standard InChI is InChI=1S/C20H26BrNO6/c1-19(2,10-20(3,21)18(26)27-4)17(25)28-8-7-22-15(23)13-11-5-6-12(9-11)14(13)16(22)24/h5-6,11-14H,7-10H2,1-4H3. The highest BCUT2D eigenvalue weighted by molar-refractivity contribution is 9.10. The summed E-state index contributed by atoms with van der Waals surface area (Å²) in [6.45, 7) is 5.00. The first-order chi connectivity index (χ1) is 13.0. The van der Waals surface area contributed by atoms with Gasteiger partial charge in [-0.2, -0.15) is 0 Å². The highest BCUT2D eigenvalue weighted by atomic mass is 79.9. The van der Waals surface area contributed by atoms with Crippen molar-refractivity contribution in [3.8, 4) is 0 Å². The van der Waals surface area contributed by atoms with Gasteiger partial charge in [-0.1, -0.05) is 28.1 Å². The number of rotatable bonds is 7. The minimum Gasteiger partial charge on any atom is -0.468 e. The van der Waals surface area contributed by atoms with E-state index in [-0.39, 0.29) is 55.1 Å². The van der Waals surface area contributed by atoms with E-state index in [1.54, 1.807) is 20.8 Å². The molecule has 1 saturated heterocycles. The van der Waals surface area contributed by atoms with Crippen LogP contribution in [0.3, 0.4) is 0 Å². The van der Waals surface area contributed by atoms with Gasteiger partial charge in [0.05, 0.1) is 30.9 Å². The molecule has 5 unspecified atom stereocenters. The van der Waals surface area contributed by atoms with Crippen molar-refractivity contribution >= 4 is 39.7 Å². The SMILES string of the molecule is COC(=O)C(C)(Br)CC(C)(C)C(=O)OCCN1C(=O)C2C3C=CC(C3)C2C1=O. The number of ether oxygens (including phenoxy) is 2. The molecule has 7 nitrogen and oxygen atoms in total. The molecule has 0 aromatic heterocycles. The molecule has 8 heteroatoms. The summed E-state index contributed by atoms with van der Waals surface area (Å²) in [5, 5.41) is 0. The van der Waals surface area contributed by atoms with Crippen molar-refractivity contribution in [1.29, 1.82) is 0 Å². The van der Waals surface area contributed by atoms with Gasteiger partial charge in [0.2, 0.25) is 11.8 Å². The van der Waals surface area contributed by atoms with E-state index in [4.69, 9.17) is 9.47 Å². The Morgan fingerprint density at radius 2 is 1.64 bits per heavy atom. The zero-order valence-corrected chi connectivity index (χ0v) is 18.2. The molecule has 1 aliphatic heterocycles. The number of carbonyl (C=O) groups excluding carboxylic acids is 4. The summed E-state index contributed by atoms with van der Waals surface area (Å²) in [5.41, 5.74) is -0.953. The fourth-order valence-corrected chi connectivity index (χ4v) is 5.66. The lowest BCUT2D eigenvalue weighted by Gasteiger charge is -2.30. The van der Waals surface area contributed by atoms with E-state index in [9.17, 15) is 19.2 Å². The largest absolute Gasteiger partial charge is 0.468 e. The zero-order valence-electron chi connectivity index (χ0n) is 16.6. The van der Waals surface area contributed by atoms with Gasteiger partial charge >= 0.3 is 11.9 Å². The molecule has 0 aromatic carbocycles. The molecular weight excluding hydrogens is 430 g/mol. The smallest absolute Gasteiger partial charge is 0.322 e. The Balaban J connectivity index is 1.54. The van der Waals surface area contributed by atoms with Crippen LogP contribution >= 0.6 is 15.9 Å². The predicted molar refractivity (Wildman–Crippen MR) is 103 cm³/mol. The fourth-order valence-electron chi connectivity index (χ4n) is 4.80. The van der Waals surface area contributed by atoms with Crippen molar-refractivity contribution in [2.75, 3.05) is 20.3 Å². The summed E-state index contributed by atoms with van der Waals surface area (Å²) in [4.78, 5) is 50.8. The van der Waals surface area contributed by atoms with Crippen LogP contribution in [0.15, 0.2) is 12.2 Å². The Hall–Kier alpha value is -1.70. The Kier molecular flexibility index (Phi) is 5.47. The number of imide groups is 1. The fraction of sp³-hybridized carbons (Fsp3) is 0.700. The first-order valence-corrected chi connectivity index (χ1v) is 10.3. The third kappa shape index (κ3) is 3.51. The maximum atomic E-state index is 12.6. The van der Waals surface area contributed by atoms with Gasteiger partial charge in [-0.15, -0.1) is 0 Å². The number of hydrogen-bond acceptors (Lipinski definition) is 6. The third-order valence-electron chi connectivity index (χ3n) is 6.05. The lowest BCUT2D eigenvalue weighted by Crippen LogP contribution is -2.40. The predicted octanol–water partition coefficient (Wildman–Crippen LogP) is 2.08. The first kappa shape index (κ1) is 21.0. The summed E-state index contributed by atoms with van der Waals surface area (Å²) in [6, 6.07) is 0. The van der Waals surface area contributed by atoms with Crippen molar-refractivity contribution in [2.45, 2.75) is 37.9 Å². The van der Waals surface area contributed by atoms with Crippen molar-refractivity contribution in [3.05, 3.63) is 12.2 Å². The number of likely N-dealkylation sites (tertiary alicyclic amines) is 1. The first-order valence-electron chi connectivity index (χ1n) is 9.48. The van der Waals surface area contributed by atoms with Crippen LogP contribution in [0.1, 0.15) is 33.6 Å². The van der Waals surface area contributed by atoms with Crippen LogP contribution in [0.5, 0.6) is 0 Å². The van der Waals surface area contributed by atoms with Gasteiger partial charge in [0.1, 0.15) is 10.9 Å². The minimum atomic E-state index is -1.02. The number of fused-ring (bicyclic) bond motifs is 5. The van der Waals surface area contributed by atoms with Crippen LogP contribution in [-0.4, -0.2) is 53.2 Å². The van der Waals surface area contributed by atoms with Crippen LogP contribution in [-0.2, 0) is 28.7 Å². The van der Waals surface area contributed by atoms with Crippen LogP contribution < -0.4 is 0 Å². The second kappa shape index (κ2) is 7.28. The van der Waals surface area contributed by atoms with Crippen molar-refractivity contribution in [1.82, 2.24) is 4.90 Å². The van der Waals surface area contributed by atoms with Gasteiger partial charge < -0.3 is 9.47 Å². The van der Waals surface area contributed by atoms with E-state index in [2.05, 4.69) is 15.9 Å². The number of hydrogen-bond donors (Lipinski definition) is 0. The molecule has 1 heterocycles. The summed E-state index contributed by atoms with van der Waals surface area (Å²) in [7, 11) is 1.29. The zero-order chi connectivity index (χ0) is 20.9. The minimum absolute atomic E-state index is 0.0564. The normalized spacial score (nSPS) is 30.4. The molecule has 2 fully saturated rings.